The molecule has 0 atom stereocenters. The van der Waals surface area contributed by atoms with Gasteiger partial charge in [-0.2, -0.15) is 0 Å². The Morgan fingerprint density at radius 2 is 1.93 bits per heavy atom. The second-order valence-electron chi connectivity index (χ2n) is 5.68. The molecule has 0 aliphatic heterocycles. The molecule has 0 radical (unpaired) electrons. The number of halogens is 1. The maximum absolute atomic E-state index is 12.6. The summed E-state index contributed by atoms with van der Waals surface area (Å²) in [5.41, 5.74) is 0.509. The molecule has 0 fully saturated rings. The fourth-order valence-corrected chi connectivity index (χ4v) is 2.73. The number of nitrogens with zero attached hydrogens (tertiary/aromatic N) is 1. The highest BCUT2D eigenvalue weighted by atomic mass is 79.9. The van der Waals surface area contributed by atoms with Crippen LogP contribution >= 0.6 is 15.9 Å². The van der Waals surface area contributed by atoms with E-state index in [-0.39, 0.29) is 24.5 Å². The molecule has 146 valence electrons. The van der Waals surface area contributed by atoms with E-state index < -0.39 is 16.7 Å². The van der Waals surface area contributed by atoms with Gasteiger partial charge in [-0.15, -0.1) is 0 Å². The van der Waals surface area contributed by atoms with Crippen LogP contribution in [0.5, 0.6) is 0 Å². The first-order chi connectivity index (χ1) is 13.4. The van der Waals surface area contributed by atoms with Gasteiger partial charge in [-0.3, -0.25) is 19.7 Å². The second-order valence-corrected chi connectivity index (χ2v) is 6.53. The molecule has 0 saturated heterocycles. The molecule has 0 saturated carbocycles. The Morgan fingerprint density at radius 3 is 2.61 bits per heavy atom. The Kier molecular flexibility index (Phi) is 7.85. The van der Waals surface area contributed by atoms with Gasteiger partial charge in [0.05, 0.1) is 10.5 Å². The zero-order valence-corrected chi connectivity index (χ0v) is 16.3. The fraction of sp³-hybridized carbons (Fsp3) is 0.158. The molecule has 8 nitrogen and oxygen atoms in total. The highest BCUT2D eigenvalue weighted by Crippen LogP contribution is 2.18. The van der Waals surface area contributed by atoms with Crippen molar-refractivity contribution in [2.75, 3.05) is 13.2 Å². The zero-order chi connectivity index (χ0) is 20.5. The molecule has 0 unspecified atom stereocenters. The summed E-state index contributed by atoms with van der Waals surface area (Å²) in [7, 11) is 0. The van der Waals surface area contributed by atoms with E-state index in [9.17, 15) is 19.7 Å². The number of nitro benzene ring substituents is 1. The number of aliphatic hydroxyl groups is 1. The lowest BCUT2D eigenvalue weighted by molar-refractivity contribution is -0.384. The summed E-state index contributed by atoms with van der Waals surface area (Å²) in [4.78, 5) is 35.4. The molecular formula is C19H18BrN3O5. The average molecular weight is 448 g/mol. The lowest BCUT2D eigenvalue weighted by Crippen LogP contribution is -2.35. The van der Waals surface area contributed by atoms with Crippen molar-refractivity contribution in [3.63, 3.8) is 0 Å². The standard InChI is InChI=1S/C19H18BrN3O5/c20-16-8-2-1-7-15(16)18(25)22-17(19(26)21-9-4-10-24)12-13-5-3-6-14(11-13)23(27)28/h1-3,5-8,11-12,24H,4,9-10H2,(H,21,26)(H,22,25). The van der Waals surface area contributed by atoms with Gasteiger partial charge in [0.1, 0.15) is 5.70 Å². The quantitative estimate of drug-likeness (QED) is 0.248. The molecule has 0 spiro atoms. The Bertz CT molecular complexity index is 914. The summed E-state index contributed by atoms with van der Waals surface area (Å²) in [5, 5.41) is 24.9. The lowest BCUT2D eigenvalue weighted by Gasteiger charge is -2.12. The number of aliphatic hydroxyl groups excluding tert-OH is 1. The summed E-state index contributed by atoms with van der Waals surface area (Å²) in [6, 6.07) is 12.4. The number of nitro groups is 1. The van der Waals surface area contributed by atoms with E-state index in [0.717, 1.165) is 0 Å². The number of rotatable bonds is 8. The van der Waals surface area contributed by atoms with Gasteiger partial charge in [0, 0.05) is 29.8 Å². The Labute approximate surface area is 169 Å². The van der Waals surface area contributed by atoms with Crippen LogP contribution in [0.4, 0.5) is 5.69 Å². The highest BCUT2D eigenvalue weighted by molar-refractivity contribution is 9.10. The third-order valence-electron chi connectivity index (χ3n) is 3.62. The van der Waals surface area contributed by atoms with Gasteiger partial charge in [0.2, 0.25) is 0 Å². The first-order valence-electron chi connectivity index (χ1n) is 8.33. The summed E-state index contributed by atoms with van der Waals surface area (Å²) >= 11 is 3.28. The topological polar surface area (TPSA) is 122 Å². The van der Waals surface area contributed by atoms with Crippen molar-refractivity contribution < 1.29 is 19.6 Å². The minimum atomic E-state index is -0.569. The number of non-ortho nitro benzene ring substituents is 1. The number of amides is 2. The van der Waals surface area contributed by atoms with Crippen LogP contribution in [0.2, 0.25) is 0 Å². The van der Waals surface area contributed by atoms with E-state index in [1.54, 1.807) is 30.3 Å². The number of nitrogens with one attached hydrogen (secondary N) is 2. The van der Waals surface area contributed by atoms with E-state index in [1.807, 2.05) is 0 Å². The Hall–Kier alpha value is -3.04. The third kappa shape index (κ3) is 6.00. The van der Waals surface area contributed by atoms with Gasteiger partial charge in [-0.25, -0.2) is 0 Å². The first-order valence-corrected chi connectivity index (χ1v) is 9.12. The number of hydrogen-bond donors (Lipinski definition) is 3. The summed E-state index contributed by atoms with van der Waals surface area (Å²) in [5.74, 6) is -1.08. The molecule has 0 aliphatic rings. The van der Waals surface area contributed by atoms with Crippen LogP contribution in [0.3, 0.4) is 0 Å². The Balaban J connectivity index is 2.32. The summed E-state index contributed by atoms with van der Waals surface area (Å²) in [6.45, 7) is 0.125. The molecule has 9 heteroatoms. The van der Waals surface area contributed by atoms with E-state index in [1.165, 1.54) is 24.3 Å². The van der Waals surface area contributed by atoms with Crippen molar-refractivity contribution in [1.29, 1.82) is 0 Å². The van der Waals surface area contributed by atoms with Crippen LogP contribution in [0, 0.1) is 10.1 Å². The normalized spacial score (nSPS) is 11.0. The molecule has 0 bridgehead atoms. The van der Waals surface area contributed by atoms with Crippen molar-refractivity contribution >= 4 is 39.5 Å². The fourth-order valence-electron chi connectivity index (χ4n) is 2.26. The maximum Gasteiger partial charge on any atom is 0.270 e. The van der Waals surface area contributed by atoms with Gasteiger partial charge >= 0.3 is 0 Å². The van der Waals surface area contributed by atoms with Gasteiger partial charge in [0.25, 0.3) is 17.5 Å². The monoisotopic (exact) mass is 447 g/mol. The largest absolute Gasteiger partial charge is 0.396 e. The zero-order valence-electron chi connectivity index (χ0n) is 14.7. The maximum atomic E-state index is 12.6. The third-order valence-corrected chi connectivity index (χ3v) is 4.32. The van der Waals surface area contributed by atoms with Crippen LogP contribution in [0.1, 0.15) is 22.3 Å². The number of benzene rings is 2. The van der Waals surface area contributed by atoms with Crippen LogP contribution in [-0.2, 0) is 4.79 Å². The van der Waals surface area contributed by atoms with Gasteiger partial charge in [-0.05, 0) is 46.1 Å². The Morgan fingerprint density at radius 1 is 1.18 bits per heavy atom. The minimum Gasteiger partial charge on any atom is -0.396 e. The van der Waals surface area contributed by atoms with Crippen LogP contribution in [0.25, 0.3) is 6.08 Å². The average Bonchev–Trinajstić information content (AvgIpc) is 2.68. The van der Waals surface area contributed by atoms with E-state index in [4.69, 9.17) is 5.11 Å². The summed E-state index contributed by atoms with van der Waals surface area (Å²) < 4.78 is 0.558. The van der Waals surface area contributed by atoms with E-state index in [2.05, 4.69) is 26.6 Å². The molecule has 2 amide bonds. The van der Waals surface area contributed by atoms with Gasteiger partial charge in [-0.1, -0.05) is 24.3 Å². The SMILES string of the molecule is O=C(NCCCO)C(=Cc1cccc([N+](=O)[O-])c1)NC(=O)c1ccccc1Br. The molecule has 2 rings (SSSR count). The lowest BCUT2D eigenvalue weighted by atomic mass is 10.1. The number of carbonyl (C=O) groups is 2. The smallest absolute Gasteiger partial charge is 0.270 e. The molecule has 0 aliphatic carbocycles. The van der Waals surface area contributed by atoms with Crippen molar-refractivity contribution in [2.24, 2.45) is 0 Å². The summed E-state index contributed by atoms with van der Waals surface area (Å²) in [6.07, 6.45) is 1.71. The van der Waals surface area contributed by atoms with E-state index in [0.29, 0.717) is 22.0 Å². The van der Waals surface area contributed by atoms with Crippen LogP contribution in [-0.4, -0.2) is 35.0 Å². The number of hydrogen-bond acceptors (Lipinski definition) is 5. The highest BCUT2D eigenvalue weighted by Gasteiger charge is 2.16. The van der Waals surface area contributed by atoms with Crippen molar-refractivity contribution in [3.8, 4) is 0 Å². The van der Waals surface area contributed by atoms with Crippen molar-refractivity contribution in [3.05, 3.63) is 79.9 Å². The predicted molar refractivity (Wildman–Crippen MR) is 107 cm³/mol. The number of carbonyl (C=O) groups excluding carboxylic acids is 2. The molecule has 2 aromatic carbocycles. The molecule has 2 aromatic rings. The molecular weight excluding hydrogens is 430 g/mol. The predicted octanol–water partition coefficient (Wildman–Crippen LogP) is 2.63. The van der Waals surface area contributed by atoms with Crippen LogP contribution in [0.15, 0.2) is 58.7 Å². The van der Waals surface area contributed by atoms with Crippen LogP contribution < -0.4 is 10.6 Å². The van der Waals surface area contributed by atoms with Gasteiger partial charge < -0.3 is 15.7 Å². The second kappa shape index (κ2) is 10.3. The first kappa shape index (κ1) is 21.3. The molecule has 0 aromatic heterocycles. The molecule has 28 heavy (non-hydrogen) atoms. The van der Waals surface area contributed by atoms with Gasteiger partial charge in [0.15, 0.2) is 0 Å². The minimum absolute atomic E-state index is 0.0702. The van der Waals surface area contributed by atoms with Crippen molar-refractivity contribution in [1.82, 2.24) is 10.6 Å². The van der Waals surface area contributed by atoms with Crippen molar-refractivity contribution in [2.45, 2.75) is 6.42 Å². The van der Waals surface area contributed by atoms with E-state index >= 15 is 0 Å². The molecule has 3 N–H and O–H groups in total. The molecule has 0 heterocycles.